The third-order valence-electron chi connectivity index (χ3n) is 1.31. The van der Waals surface area contributed by atoms with Crippen molar-refractivity contribution in [3.8, 4) is 0 Å². The topological polar surface area (TPSA) is 84.2 Å². The number of hydrogen-bond donors (Lipinski definition) is 3. The van der Waals surface area contributed by atoms with Gasteiger partial charge in [-0.15, -0.1) is 0 Å². The van der Waals surface area contributed by atoms with Gasteiger partial charge in [-0.2, -0.15) is 0 Å². The lowest BCUT2D eigenvalue weighted by Crippen LogP contribution is -2.42. The first-order chi connectivity index (χ1) is 6.06. The Balaban J connectivity index is 3.52. The van der Waals surface area contributed by atoms with Crippen LogP contribution in [0.2, 0.25) is 0 Å². The Labute approximate surface area is 78.0 Å². The molecule has 76 valence electrons. The van der Waals surface area contributed by atoms with Crippen molar-refractivity contribution in [2.45, 2.75) is 26.7 Å². The third kappa shape index (κ3) is 7.27. The summed E-state index contributed by atoms with van der Waals surface area (Å²) in [5, 5.41) is 0. The lowest BCUT2D eigenvalue weighted by atomic mass is 10.1. The van der Waals surface area contributed by atoms with Crippen molar-refractivity contribution in [1.82, 2.24) is 10.9 Å². The van der Waals surface area contributed by atoms with Gasteiger partial charge in [0.25, 0.3) is 0 Å². The van der Waals surface area contributed by atoms with Crippen LogP contribution >= 0.6 is 0 Å². The molecule has 2 amide bonds. The van der Waals surface area contributed by atoms with Gasteiger partial charge >= 0.3 is 0 Å². The van der Waals surface area contributed by atoms with Gasteiger partial charge in [-0.1, -0.05) is 13.8 Å². The number of carbonyl (C=O) groups is 2. The van der Waals surface area contributed by atoms with Crippen molar-refractivity contribution in [1.29, 1.82) is 0 Å². The normalized spacial score (nSPS) is 9.85. The number of carbonyl (C=O) groups excluding carboxylic acids is 2. The van der Waals surface area contributed by atoms with Gasteiger partial charge in [0, 0.05) is 19.4 Å². The average Bonchev–Trinajstić information content (AvgIpc) is 2.00. The van der Waals surface area contributed by atoms with Crippen LogP contribution in [0.1, 0.15) is 26.7 Å². The third-order valence-corrected chi connectivity index (χ3v) is 1.31. The molecule has 0 unspecified atom stereocenters. The fourth-order valence-electron chi connectivity index (χ4n) is 0.755. The molecule has 5 nitrogen and oxygen atoms in total. The molecule has 13 heavy (non-hydrogen) atoms. The van der Waals surface area contributed by atoms with E-state index in [1.54, 1.807) is 0 Å². The molecule has 0 aromatic heterocycles. The van der Waals surface area contributed by atoms with E-state index >= 15 is 0 Å². The summed E-state index contributed by atoms with van der Waals surface area (Å²) in [6, 6.07) is 0. The van der Waals surface area contributed by atoms with E-state index in [0.717, 1.165) is 0 Å². The van der Waals surface area contributed by atoms with Gasteiger partial charge in [-0.3, -0.25) is 20.4 Å². The van der Waals surface area contributed by atoms with E-state index < -0.39 is 0 Å². The van der Waals surface area contributed by atoms with E-state index in [9.17, 15) is 9.59 Å². The highest BCUT2D eigenvalue weighted by Crippen LogP contribution is 1.96. The quantitative estimate of drug-likeness (QED) is 0.520. The van der Waals surface area contributed by atoms with Crippen molar-refractivity contribution in [3.63, 3.8) is 0 Å². The second kappa shape index (κ2) is 6.42. The molecule has 0 saturated heterocycles. The zero-order chi connectivity index (χ0) is 10.3. The highest BCUT2D eigenvalue weighted by molar-refractivity contribution is 5.82. The van der Waals surface area contributed by atoms with Crippen molar-refractivity contribution in [2.24, 2.45) is 11.7 Å². The minimum absolute atomic E-state index is 0.180. The summed E-state index contributed by atoms with van der Waals surface area (Å²) in [5.74, 6) is -0.161. The van der Waals surface area contributed by atoms with E-state index in [1.807, 2.05) is 13.8 Å². The van der Waals surface area contributed by atoms with Crippen LogP contribution < -0.4 is 16.6 Å². The zero-order valence-corrected chi connectivity index (χ0v) is 8.09. The van der Waals surface area contributed by atoms with Crippen molar-refractivity contribution >= 4 is 11.8 Å². The summed E-state index contributed by atoms with van der Waals surface area (Å²) in [6.07, 6.45) is 0.630. The number of nitrogens with one attached hydrogen (secondary N) is 2. The maximum Gasteiger partial charge on any atom is 0.239 e. The molecule has 0 atom stereocenters. The summed E-state index contributed by atoms with van der Waals surface area (Å²) in [7, 11) is 0. The van der Waals surface area contributed by atoms with E-state index in [2.05, 4.69) is 10.9 Å². The maximum absolute atomic E-state index is 11.0. The molecule has 0 saturated carbocycles. The molecule has 0 aliphatic rings. The first-order valence-corrected chi connectivity index (χ1v) is 4.34. The lowest BCUT2D eigenvalue weighted by Gasteiger charge is -2.07. The van der Waals surface area contributed by atoms with Crippen LogP contribution in [0.25, 0.3) is 0 Å². The van der Waals surface area contributed by atoms with E-state index in [0.29, 0.717) is 6.42 Å². The van der Waals surface area contributed by atoms with E-state index in [1.165, 1.54) is 0 Å². The Morgan fingerprint density at radius 2 is 1.77 bits per heavy atom. The molecule has 0 fully saturated rings. The first-order valence-electron chi connectivity index (χ1n) is 4.34. The minimum Gasteiger partial charge on any atom is -0.330 e. The van der Waals surface area contributed by atoms with Crippen molar-refractivity contribution in [2.75, 3.05) is 6.54 Å². The molecule has 0 rings (SSSR count). The molecular weight excluding hydrogens is 170 g/mol. The van der Waals surface area contributed by atoms with Gasteiger partial charge in [-0.05, 0) is 5.92 Å². The summed E-state index contributed by atoms with van der Waals surface area (Å²) in [4.78, 5) is 21.8. The summed E-state index contributed by atoms with van der Waals surface area (Å²) in [5.41, 5.74) is 9.72. The number of amides is 2. The number of rotatable bonds is 4. The molecule has 0 spiro atoms. The molecule has 0 radical (unpaired) electrons. The molecule has 0 aliphatic carbocycles. The smallest absolute Gasteiger partial charge is 0.239 e. The number of hydrogen-bond acceptors (Lipinski definition) is 3. The minimum atomic E-state index is -0.264. The SMILES string of the molecule is CC(C)CC(=O)NNC(=O)CCN. The van der Waals surface area contributed by atoms with Crippen molar-refractivity contribution in [3.05, 3.63) is 0 Å². The monoisotopic (exact) mass is 187 g/mol. The second-order valence-corrected chi connectivity index (χ2v) is 3.23. The van der Waals surface area contributed by atoms with Crippen LogP contribution in [-0.2, 0) is 9.59 Å². The predicted octanol–water partition coefficient (Wildman–Crippen LogP) is -0.471. The fraction of sp³-hybridized carbons (Fsp3) is 0.750. The lowest BCUT2D eigenvalue weighted by molar-refractivity contribution is -0.129. The first kappa shape index (κ1) is 11.9. The maximum atomic E-state index is 11.0. The molecular formula is C8H17N3O2. The molecule has 0 aromatic carbocycles. The summed E-state index contributed by atoms with van der Waals surface area (Å²) >= 11 is 0. The fourth-order valence-corrected chi connectivity index (χ4v) is 0.755. The van der Waals surface area contributed by atoms with Crippen LogP contribution in [0.4, 0.5) is 0 Å². The standard InChI is InChI=1S/C8H17N3O2/c1-6(2)5-8(13)11-10-7(12)3-4-9/h6H,3-5,9H2,1-2H3,(H,10,12)(H,11,13). The van der Waals surface area contributed by atoms with Crippen LogP contribution in [0, 0.1) is 5.92 Å². The Morgan fingerprint density at radius 1 is 1.23 bits per heavy atom. The van der Waals surface area contributed by atoms with Gasteiger partial charge in [0.1, 0.15) is 0 Å². The largest absolute Gasteiger partial charge is 0.330 e. The Hall–Kier alpha value is -1.10. The zero-order valence-electron chi connectivity index (χ0n) is 8.09. The molecule has 0 heterocycles. The second-order valence-electron chi connectivity index (χ2n) is 3.23. The predicted molar refractivity (Wildman–Crippen MR) is 49.4 cm³/mol. The molecule has 0 bridgehead atoms. The molecule has 5 heteroatoms. The van der Waals surface area contributed by atoms with Gasteiger partial charge < -0.3 is 5.73 Å². The highest BCUT2D eigenvalue weighted by Gasteiger charge is 2.05. The Morgan fingerprint density at radius 3 is 2.23 bits per heavy atom. The summed E-state index contributed by atoms with van der Waals surface area (Å²) < 4.78 is 0. The van der Waals surface area contributed by atoms with Gasteiger partial charge in [0.2, 0.25) is 11.8 Å². The van der Waals surface area contributed by atoms with Gasteiger partial charge in [0.05, 0.1) is 0 Å². The Bertz CT molecular complexity index is 180. The molecule has 4 N–H and O–H groups in total. The number of nitrogens with two attached hydrogens (primary N) is 1. The van der Waals surface area contributed by atoms with E-state index in [4.69, 9.17) is 5.73 Å². The molecule has 0 aromatic rings. The van der Waals surface area contributed by atoms with Gasteiger partial charge in [0.15, 0.2) is 0 Å². The van der Waals surface area contributed by atoms with E-state index in [-0.39, 0.29) is 30.7 Å². The van der Waals surface area contributed by atoms with Crippen LogP contribution in [0.3, 0.4) is 0 Å². The van der Waals surface area contributed by atoms with Crippen molar-refractivity contribution < 1.29 is 9.59 Å². The van der Waals surface area contributed by atoms with Crippen LogP contribution in [0.5, 0.6) is 0 Å². The summed E-state index contributed by atoms with van der Waals surface area (Å²) in [6.45, 7) is 4.15. The Kier molecular flexibility index (Phi) is 5.88. The average molecular weight is 187 g/mol. The van der Waals surface area contributed by atoms with Gasteiger partial charge in [-0.25, -0.2) is 0 Å². The van der Waals surface area contributed by atoms with Crippen LogP contribution in [0.15, 0.2) is 0 Å². The van der Waals surface area contributed by atoms with Crippen LogP contribution in [-0.4, -0.2) is 18.4 Å². The molecule has 0 aliphatic heterocycles. The number of hydrazine groups is 1. The highest BCUT2D eigenvalue weighted by atomic mass is 16.2.